The maximum atomic E-state index is 3.69. The second-order valence-corrected chi connectivity index (χ2v) is 23.9. The van der Waals surface area contributed by atoms with Gasteiger partial charge in [0.05, 0.1) is 0 Å². The monoisotopic (exact) mass is 678 g/mol. The molecule has 0 unspecified atom stereocenters. The molecule has 4 heteroatoms. The molecule has 0 nitrogen and oxygen atoms in total. The van der Waals surface area contributed by atoms with Crippen molar-refractivity contribution in [1.29, 1.82) is 0 Å². The molecule has 0 saturated heterocycles. The van der Waals surface area contributed by atoms with E-state index >= 15 is 0 Å². The standard InChI is InChI=1S/C23H29.C5H5.C2H6Si.2ClH.Hf/c1-14-9-16-11-17-10-15(2)21(23(6,7)8)13-19(17)18(16)12-20(14)22(3,4)5;1-2-4-5-3-1;1-3-2;;;/h9,12-13H,11H2,1-8H3;1-5H;1-2H3;2*1H;/q2*-1;;;;+2/p-2. The molecule has 0 aliphatic heterocycles. The fraction of sp³-hybridized carbons (Fsp3) is 0.433. The number of benzene rings is 2. The number of aryl methyl sites for hydroxylation is 2. The average Bonchev–Trinajstić information content (AvgIpc) is 3.28. The smallest absolute Gasteiger partial charge is 0.0129 e. The minimum atomic E-state index is 0. The first-order valence-electron chi connectivity index (χ1n) is 11.6. The molecule has 184 valence electrons. The van der Waals surface area contributed by atoms with Gasteiger partial charge in [0.15, 0.2) is 0 Å². The maximum Gasteiger partial charge on any atom is -0.0129 e. The van der Waals surface area contributed by atoms with Crippen LogP contribution >= 0.6 is 0 Å². The van der Waals surface area contributed by atoms with Gasteiger partial charge in [-0.15, -0.1) is 16.7 Å². The Kier molecular flexibility index (Phi) is 13.5. The Morgan fingerprint density at radius 2 is 1.29 bits per heavy atom. The van der Waals surface area contributed by atoms with Crippen molar-refractivity contribution >= 4 is 5.49 Å². The molecular weight excluding hydrogens is 638 g/mol. The van der Waals surface area contributed by atoms with Crippen molar-refractivity contribution in [3.8, 4) is 11.1 Å². The Morgan fingerprint density at radius 3 is 1.71 bits per heavy atom. The summed E-state index contributed by atoms with van der Waals surface area (Å²) in [6.45, 7) is 22.9. The zero-order valence-corrected chi connectivity index (χ0v) is 28.7. The molecule has 0 spiro atoms. The Balaban J connectivity index is 0.000000840. The molecule has 0 saturated carbocycles. The summed E-state index contributed by atoms with van der Waals surface area (Å²) >= 11 is 1.45. The van der Waals surface area contributed by atoms with E-state index in [0.29, 0.717) is 0 Å². The number of rotatable bonds is 0. The van der Waals surface area contributed by atoms with E-state index in [-0.39, 0.29) is 41.1 Å². The second-order valence-electron chi connectivity index (χ2n) is 11.2. The van der Waals surface area contributed by atoms with Crippen LogP contribution in [0.2, 0.25) is 13.1 Å². The topological polar surface area (TPSA) is 0 Å². The van der Waals surface area contributed by atoms with Gasteiger partial charge in [-0.25, -0.2) is 12.1 Å². The van der Waals surface area contributed by atoms with Crippen LogP contribution in [0.15, 0.2) is 48.5 Å². The molecule has 0 heterocycles. The summed E-state index contributed by atoms with van der Waals surface area (Å²) in [5.41, 5.74) is 11.9. The molecule has 0 bridgehead atoms. The van der Waals surface area contributed by atoms with Gasteiger partial charge in [0, 0.05) is 0 Å². The first-order valence-corrected chi connectivity index (χ1v) is 19.5. The largest absolute Gasteiger partial charge is 1.00 e. The van der Waals surface area contributed by atoms with Crippen LogP contribution in [-0.2, 0) is 40.3 Å². The number of halogens is 2. The van der Waals surface area contributed by atoms with E-state index in [9.17, 15) is 0 Å². The summed E-state index contributed by atoms with van der Waals surface area (Å²) in [5, 5.41) is 0. The Labute approximate surface area is 236 Å². The third kappa shape index (κ3) is 9.15. The van der Waals surface area contributed by atoms with Crippen LogP contribution in [0.1, 0.15) is 74.9 Å². The van der Waals surface area contributed by atoms with Crippen LogP contribution in [0.3, 0.4) is 0 Å². The van der Waals surface area contributed by atoms with Crippen molar-refractivity contribution in [2.45, 2.75) is 85.7 Å². The normalized spacial score (nSPS) is 11.4. The van der Waals surface area contributed by atoms with Gasteiger partial charge in [-0.05, 0) is 35.4 Å². The van der Waals surface area contributed by atoms with Gasteiger partial charge in [0.1, 0.15) is 0 Å². The maximum absolute atomic E-state index is 3.69. The van der Waals surface area contributed by atoms with Gasteiger partial charge >= 0.3 is 41.6 Å². The van der Waals surface area contributed by atoms with E-state index < -0.39 is 0 Å². The summed E-state index contributed by atoms with van der Waals surface area (Å²) in [6, 6.07) is 20.9. The van der Waals surface area contributed by atoms with Gasteiger partial charge in [-0.3, -0.25) is 0 Å². The quantitative estimate of drug-likeness (QED) is 0.198. The van der Waals surface area contributed by atoms with E-state index in [2.05, 4.69) is 92.7 Å². The first kappa shape index (κ1) is 33.5. The molecule has 4 rings (SSSR count). The van der Waals surface area contributed by atoms with E-state index in [1.54, 1.807) is 0 Å². The molecular formula is C30H40Cl2HfSi-2. The fourth-order valence-electron chi connectivity index (χ4n) is 4.34. The number of fused-ring (bicyclic) bond motifs is 3. The molecule has 3 aromatic rings. The average molecular weight is 678 g/mol. The second kappa shape index (κ2) is 13.7. The summed E-state index contributed by atoms with van der Waals surface area (Å²) < 4.78 is 0. The van der Waals surface area contributed by atoms with Gasteiger partial charge < -0.3 is 24.8 Å². The predicted molar refractivity (Wildman–Crippen MR) is 140 cm³/mol. The molecule has 0 N–H and O–H groups in total. The van der Waals surface area contributed by atoms with Crippen molar-refractivity contribution in [3.63, 3.8) is 0 Å². The van der Waals surface area contributed by atoms with Crippen molar-refractivity contribution in [3.05, 3.63) is 88.0 Å². The predicted octanol–water partition coefficient (Wildman–Crippen LogP) is 2.47. The van der Waals surface area contributed by atoms with Crippen LogP contribution in [0.4, 0.5) is 0 Å². The van der Waals surface area contributed by atoms with Crippen molar-refractivity contribution in [1.82, 2.24) is 0 Å². The molecule has 1 aliphatic rings. The Hall–Kier alpha value is -0.543. The SMILES string of the molecule is C[Si](C)=[Hf+2].Cc1[c-]c2c(cc1C(C)(C)C)-c1cc(C(C)(C)C)c(C)cc1C2.[Cl-].[Cl-].c1cc[cH-]c1. The molecule has 1 aliphatic carbocycles. The van der Waals surface area contributed by atoms with Crippen molar-refractivity contribution in [2.75, 3.05) is 0 Å². The van der Waals surface area contributed by atoms with Gasteiger partial charge in [-0.1, -0.05) is 71.6 Å². The molecule has 0 amide bonds. The summed E-state index contributed by atoms with van der Waals surface area (Å²) in [5.74, 6) is 0. The first-order chi connectivity index (χ1) is 14.7. The zero-order chi connectivity index (χ0) is 24.3. The third-order valence-corrected chi connectivity index (χ3v) is 5.64. The van der Waals surface area contributed by atoms with Crippen LogP contribution in [0.25, 0.3) is 11.1 Å². The molecule has 34 heavy (non-hydrogen) atoms. The summed E-state index contributed by atoms with van der Waals surface area (Å²) in [7, 11) is 0. The van der Waals surface area contributed by atoms with Gasteiger partial charge in [-0.2, -0.15) is 35.9 Å². The van der Waals surface area contributed by atoms with Crippen molar-refractivity contribution in [2.24, 2.45) is 0 Å². The van der Waals surface area contributed by atoms with Crippen LogP contribution in [0.5, 0.6) is 0 Å². The number of hydrogen-bond donors (Lipinski definition) is 0. The summed E-state index contributed by atoms with van der Waals surface area (Å²) in [6.07, 6.45) is 1.03. The Bertz CT molecular complexity index is 980. The molecule has 3 aromatic carbocycles. The minimum absolute atomic E-state index is 0. The van der Waals surface area contributed by atoms with Crippen LogP contribution < -0.4 is 24.8 Å². The van der Waals surface area contributed by atoms with Gasteiger partial charge in [0.25, 0.3) is 0 Å². The molecule has 0 radical (unpaired) electrons. The van der Waals surface area contributed by atoms with E-state index in [1.165, 1.54) is 67.5 Å². The molecule has 0 aromatic heterocycles. The Morgan fingerprint density at radius 1 is 0.824 bits per heavy atom. The van der Waals surface area contributed by atoms with Crippen LogP contribution in [-0.4, -0.2) is 5.49 Å². The zero-order valence-electron chi connectivity index (χ0n) is 22.6. The minimum Gasteiger partial charge on any atom is -1.00 e. The van der Waals surface area contributed by atoms with E-state index in [0.717, 1.165) is 6.42 Å². The molecule has 0 atom stereocenters. The fourth-order valence-corrected chi connectivity index (χ4v) is 4.34. The van der Waals surface area contributed by atoms with Gasteiger partial charge in [0.2, 0.25) is 0 Å². The summed E-state index contributed by atoms with van der Waals surface area (Å²) in [4.78, 5) is 0. The molecule has 0 fully saturated rings. The third-order valence-electron chi connectivity index (χ3n) is 5.64. The van der Waals surface area contributed by atoms with E-state index in [4.69, 9.17) is 0 Å². The number of hydrogen-bond acceptors (Lipinski definition) is 0. The van der Waals surface area contributed by atoms with Crippen LogP contribution in [0, 0.1) is 19.9 Å². The van der Waals surface area contributed by atoms with Crippen molar-refractivity contribution < 1.29 is 47.8 Å². The van der Waals surface area contributed by atoms with E-state index in [1.807, 2.05) is 30.3 Å².